The van der Waals surface area contributed by atoms with Gasteiger partial charge >= 0.3 is 0 Å². The Balaban J connectivity index is 1.41. The SMILES string of the molecule is CC(C)C(=O)Nc1cncc(-c2cnc3[nH]nc(-c4nc5c(-c6cccs6)nccc5[nH]4)c3c2)c1. The molecule has 172 valence electrons. The third-order valence-corrected chi connectivity index (χ3v) is 6.54. The van der Waals surface area contributed by atoms with Crippen LogP contribution in [-0.4, -0.2) is 41.0 Å². The molecule has 6 aromatic rings. The number of H-pyrrole nitrogens is 2. The number of hydrogen-bond donors (Lipinski definition) is 3. The molecule has 0 fully saturated rings. The van der Waals surface area contributed by atoms with Gasteiger partial charge in [-0.3, -0.25) is 19.9 Å². The van der Waals surface area contributed by atoms with Crippen molar-refractivity contribution in [3.63, 3.8) is 0 Å². The average Bonchev–Trinajstić information content (AvgIpc) is 3.62. The maximum atomic E-state index is 12.1. The molecule has 3 N–H and O–H groups in total. The highest BCUT2D eigenvalue weighted by atomic mass is 32.1. The third-order valence-electron chi connectivity index (χ3n) is 5.66. The fourth-order valence-electron chi connectivity index (χ4n) is 3.84. The quantitative estimate of drug-likeness (QED) is 0.308. The van der Waals surface area contributed by atoms with Crippen molar-refractivity contribution in [2.45, 2.75) is 13.8 Å². The van der Waals surface area contributed by atoms with E-state index in [1.165, 1.54) is 0 Å². The molecule has 0 bridgehead atoms. The first kappa shape index (κ1) is 21.1. The predicted octanol–water partition coefficient (Wildman–Crippen LogP) is 5.28. The van der Waals surface area contributed by atoms with E-state index in [2.05, 4.69) is 35.5 Å². The zero-order valence-corrected chi connectivity index (χ0v) is 19.7. The second-order valence-electron chi connectivity index (χ2n) is 8.42. The predicted molar refractivity (Wildman–Crippen MR) is 137 cm³/mol. The Morgan fingerprint density at radius 1 is 1.06 bits per heavy atom. The summed E-state index contributed by atoms with van der Waals surface area (Å²) in [6, 6.07) is 9.82. The molecule has 0 aromatic carbocycles. The van der Waals surface area contributed by atoms with Crippen molar-refractivity contribution in [2.24, 2.45) is 5.92 Å². The smallest absolute Gasteiger partial charge is 0.226 e. The van der Waals surface area contributed by atoms with Crippen molar-refractivity contribution in [1.82, 2.24) is 35.1 Å². The van der Waals surface area contributed by atoms with Crippen LogP contribution < -0.4 is 5.32 Å². The molecule has 0 atom stereocenters. The van der Waals surface area contributed by atoms with E-state index >= 15 is 0 Å². The van der Waals surface area contributed by atoms with Gasteiger partial charge in [-0.1, -0.05) is 19.9 Å². The van der Waals surface area contributed by atoms with Crippen LogP contribution in [-0.2, 0) is 4.79 Å². The standard InChI is InChI=1S/C25H20N8OS/c1-13(2)25(34)29-16-8-14(10-26-12-16)15-9-17-20(32-33-23(17)28-11-15)24-30-18-5-6-27-22(21(18)31-24)19-4-3-7-35-19/h3-13H,1-2H3,(H,29,34)(H,30,31)(H,28,32,33). The second kappa shape index (κ2) is 8.41. The Morgan fingerprint density at radius 2 is 1.94 bits per heavy atom. The van der Waals surface area contributed by atoms with Gasteiger partial charge in [0.15, 0.2) is 11.5 Å². The molecule has 0 radical (unpaired) electrons. The number of nitrogens with one attached hydrogen (secondary N) is 3. The van der Waals surface area contributed by atoms with Crippen LogP contribution in [0.3, 0.4) is 0 Å². The summed E-state index contributed by atoms with van der Waals surface area (Å²) in [5.41, 5.74) is 6.16. The first-order valence-corrected chi connectivity index (χ1v) is 11.9. The Kier molecular flexibility index (Phi) is 5.07. The number of anilines is 1. The van der Waals surface area contributed by atoms with Gasteiger partial charge in [-0.2, -0.15) is 5.10 Å². The molecular weight excluding hydrogens is 460 g/mol. The topological polar surface area (TPSA) is 125 Å². The summed E-state index contributed by atoms with van der Waals surface area (Å²) in [5, 5.41) is 13.2. The third kappa shape index (κ3) is 3.83. The van der Waals surface area contributed by atoms with E-state index < -0.39 is 0 Å². The lowest BCUT2D eigenvalue weighted by molar-refractivity contribution is -0.118. The molecule has 6 aromatic heterocycles. The van der Waals surface area contributed by atoms with Crippen LogP contribution in [0.5, 0.6) is 0 Å². The fraction of sp³-hybridized carbons (Fsp3) is 0.120. The summed E-state index contributed by atoms with van der Waals surface area (Å²) in [5.74, 6) is 0.451. The van der Waals surface area contributed by atoms with Gasteiger partial charge in [0.2, 0.25) is 5.91 Å². The highest BCUT2D eigenvalue weighted by Gasteiger charge is 2.17. The molecule has 6 rings (SSSR count). The number of aromatic nitrogens is 7. The summed E-state index contributed by atoms with van der Waals surface area (Å²) in [6.45, 7) is 3.70. The molecule has 35 heavy (non-hydrogen) atoms. The maximum absolute atomic E-state index is 12.1. The summed E-state index contributed by atoms with van der Waals surface area (Å²) >= 11 is 1.63. The lowest BCUT2D eigenvalue weighted by Crippen LogP contribution is -2.17. The molecule has 0 aliphatic carbocycles. The number of hydrogen-bond acceptors (Lipinski definition) is 7. The number of amides is 1. The zero-order chi connectivity index (χ0) is 23.9. The van der Waals surface area contributed by atoms with E-state index in [1.54, 1.807) is 36.1 Å². The minimum absolute atomic E-state index is 0.0593. The van der Waals surface area contributed by atoms with Crippen molar-refractivity contribution >= 4 is 45.0 Å². The van der Waals surface area contributed by atoms with Crippen LogP contribution in [0.15, 0.2) is 60.5 Å². The summed E-state index contributed by atoms with van der Waals surface area (Å²) < 4.78 is 0. The molecule has 0 aliphatic rings. The van der Waals surface area contributed by atoms with Crippen LogP contribution in [0.25, 0.3) is 55.3 Å². The van der Waals surface area contributed by atoms with Crippen molar-refractivity contribution in [3.8, 4) is 33.2 Å². The van der Waals surface area contributed by atoms with E-state index in [0.29, 0.717) is 22.9 Å². The molecule has 9 nitrogen and oxygen atoms in total. The van der Waals surface area contributed by atoms with Crippen molar-refractivity contribution in [2.75, 3.05) is 5.32 Å². The van der Waals surface area contributed by atoms with E-state index in [-0.39, 0.29) is 11.8 Å². The Bertz CT molecular complexity index is 1680. The molecule has 10 heteroatoms. The number of rotatable bonds is 5. The molecular formula is C25H20N8OS. The molecule has 0 spiro atoms. The van der Waals surface area contributed by atoms with Crippen molar-refractivity contribution in [3.05, 3.63) is 60.5 Å². The lowest BCUT2D eigenvalue weighted by Gasteiger charge is -2.09. The lowest BCUT2D eigenvalue weighted by atomic mass is 10.1. The van der Waals surface area contributed by atoms with E-state index in [4.69, 9.17) is 4.98 Å². The first-order chi connectivity index (χ1) is 17.1. The van der Waals surface area contributed by atoms with Gasteiger partial charge in [-0.15, -0.1) is 11.3 Å². The van der Waals surface area contributed by atoms with Crippen LogP contribution in [0, 0.1) is 5.92 Å². The number of aromatic amines is 2. The van der Waals surface area contributed by atoms with Gasteiger partial charge in [-0.25, -0.2) is 9.97 Å². The normalized spacial score (nSPS) is 11.5. The first-order valence-electron chi connectivity index (χ1n) is 11.1. The molecule has 6 heterocycles. The number of nitrogens with zero attached hydrogens (tertiary/aromatic N) is 5. The van der Waals surface area contributed by atoms with Crippen LogP contribution >= 0.6 is 11.3 Å². The van der Waals surface area contributed by atoms with Crippen LogP contribution in [0.1, 0.15) is 13.8 Å². The van der Waals surface area contributed by atoms with E-state index in [9.17, 15) is 4.79 Å². The van der Waals surface area contributed by atoms with Gasteiger partial charge in [-0.05, 0) is 29.6 Å². The minimum Gasteiger partial charge on any atom is -0.336 e. The highest BCUT2D eigenvalue weighted by molar-refractivity contribution is 7.13. The molecule has 1 amide bonds. The molecule has 0 saturated heterocycles. The van der Waals surface area contributed by atoms with Gasteiger partial charge in [0.25, 0.3) is 0 Å². The van der Waals surface area contributed by atoms with Crippen molar-refractivity contribution < 1.29 is 4.79 Å². The largest absolute Gasteiger partial charge is 0.336 e. The van der Waals surface area contributed by atoms with Crippen molar-refractivity contribution in [1.29, 1.82) is 0 Å². The summed E-state index contributed by atoms with van der Waals surface area (Å²) in [7, 11) is 0. The number of thiophene rings is 1. The molecule has 0 saturated carbocycles. The van der Waals surface area contributed by atoms with Crippen LogP contribution in [0.2, 0.25) is 0 Å². The second-order valence-corrected chi connectivity index (χ2v) is 9.36. The fourth-order valence-corrected chi connectivity index (χ4v) is 4.56. The van der Waals surface area contributed by atoms with Crippen LogP contribution in [0.4, 0.5) is 5.69 Å². The summed E-state index contributed by atoms with van der Waals surface area (Å²) in [4.78, 5) is 34.8. The number of carbonyl (C=O) groups is 1. The molecule has 0 aliphatic heterocycles. The van der Waals surface area contributed by atoms with Gasteiger partial charge in [0, 0.05) is 35.6 Å². The number of carbonyl (C=O) groups excluding carboxylic acids is 1. The Hall–Kier alpha value is -4.44. The zero-order valence-electron chi connectivity index (χ0n) is 18.9. The van der Waals surface area contributed by atoms with Gasteiger partial charge in [0.1, 0.15) is 16.9 Å². The number of imidazole rings is 1. The number of pyridine rings is 3. The highest BCUT2D eigenvalue weighted by Crippen LogP contribution is 2.33. The average molecular weight is 481 g/mol. The number of fused-ring (bicyclic) bond motifs is 2. The van der Waals surface area contributed by atoms with E-state index in [1.807, 2.05) is 49.6 Å². The van der Waals surface area contributed by atoms with Gasteiger partial charge in [0.05, 0.1) is 27.7 Å². The molecule has 0 unspecified atom stereocenters. The Labute approximate surface area is 203 Å². The minimum atomic E-state index is -0.121. The Morgan fingerprint density at radius 3 is 2.77 bits per heavy atom. The monoisotopic (exact) mass is 480 g/mol. The maximum Gasteiger partial charge on any atom is 0.226 e. The summed E-state index contributed by atoms with van der Waals surface area (Å²) in [6.07, 6.45) is 6.91. The van der Waals surface area contributed by atoms with Gasteiger partial charge < -0.3 is 10.3 Å². The van der Waals surface area contributed by atoms with E-state index in [0.717, 1.165) is 38.1 Å².